The van der Waals surface area contributed by atoms with E-state index in [0.29, 0.717) is 12.2 Å². The molecule has 0 saturated heterocycles. The minimum atomic E-state index is -0.310. The van der Waals surface area contributed by atoms with Crippen molar-refractivity contribution >= 4 is 17.5 Å². The third kappa shape index (κ3) is 2.93. The minimum Gasteiger partial charge on any atom is -0.462 e. The molecule has 5 nitrogen and oxygen atoms in total. The molecule has 114 valence electrons. The summed E-state index contributed by atoms with van der Waals surface area (Å²) in [6.45, 7) is 4.07. The lowest BCUT2D eigenvalue weighted by atomic mass is 10.2. The zero-order valence-electron chi connectivity index (χ0n) is 12.8. The zero-order valence-corrected chi connectivity index (χ0v) is 12.8. The van der Waals surface area contributed by atoms with Crippen LogP contribution in [0.1, 0.15) is 40.8 Å². The number of carbonyl (C=O) groups excluding carboxylic acids is 1. The average Bonchev–Trinajstić information content (AvgIpc) is 2.96. The predicted molar refractivity (Wildman–Crippen MR) is 84.5 cm³/mol. The molecule has 1 aliphatic rings. The van der Waals surface area contributed by atoms with Crippen molar-refractivity contribution in [2.24, 2.45) is 0 Å². The van der Waals surface area contributed by atoms with Gasteiger partial charge in [0.2, 0.25) is 0 Å². The summed E-state index contributed by atoms with van der Waals surface area (Å²) in [5.74, 6) is 1.31. The third-order valence-corrected chi connectivity index (χ3v) is 3.68. The SMILES string of the molecule is CCOC(=O)c1cccc(Nc2nc(C)nc3c2CCC3)c1. The molecular formula is C17H19N3O2. The number of aromatic nitrogens is 2. The second-order valence-corrected chi connectivity index (χ2v) is 5.32. The van der Waals surface area contributed by atoms with Crippen LogP contribution >= 0.6 is 0 Å². The Balaban J connectivity index is 1.88. The summed E-state index contributed by atoms with van der Waals surface area (Å²) < 4.78 is 5.03. The maximum atomic E-state index is 11.8. The van der Waals surface area contributed by atoms with E-state index in [1.807, 2.05) is 19.1 Å². The van der Waals surface area contributed by atoms with E-state index >= 15 is 0 Å². The summed E-state index contributed by atoms with van der Waals surface area (Å²) >= 11 is 0. The van der Waals surface area contributed by atoms with Crippen molar-refractivity contribution in [1.82, 2.24) is 9.97 Å². The van der Waals surface area contributed by atoms with Gasteiger partial charge in [-0.15, -0.1) is 0 Å². The van der Waals surface area contributed by atoms with Gasteiger partial charge in [0.25, 0.3) is 0 Å². The number of nitrogens with zero attached hydrogens (tertiary/aromatic N) is 2. The summed E-state index contributed by atoms with van der Waals surface area (Å²) in [5.41, 5.74) is 3.69. The van der Waals surface area contributed by atoms with E-state index < -0.39 is 0 Å². The van der Waals surface area contributed by atoms with Crippen molar-refractivity contribution in [3.63, 3.8) is 0 Å². The van der Waals surface area contributed by atoms with Crippen LogP contribution in [0.3, 0.4) is 0 Å². The predicted octanol–water partition coefficient (Wildman–Crippen LogP) is 3.19. The first-order chi connectivity index (χ1) is 10.7. The number of esters is 1. The van der Waals surface area contributed by atoms with E-state index in [9.17, 15) is 4.79 Å². The van der Waals surface area contributed by atoms with Crippen molar-refractivity contribution in [3.05, 3.63) is 46.9 Å². The fourth-order valence-corrected chi connectivity index (χ4v) is 2.73. The molecule has 0 bridgehead atoms. The van der Waals surface area contributed by atoms with Crippen LogP contribution in [0.2, 0.25) is 0 Å². The normalized spacial score (nSPS) is 12.8. The number of hydrogen-bond donors (Lipinski definition) is 1. The number of nitrogens with one attached hydrogen (secondary N) is 1. The number of benzene rings is 1. The van der Waals surface area contributed by atoms with Gasteiger partial charge < -0.3 is 10.1 Å². The number of ether oxygens (including phenoxy) is 1. The van der Waals surface area contributed by atoms with Gasteiger partial charge in [-0.05, 0) is 51.3 Å². The fourth-order valence-electron chi connectivity index (χ4n) is 2.73. The molecule has 0 unspecified atom stereocenters. The highest BCUT2D eigenvalue weighted by Gasteiger charge is 2.18. The Labute approximate surface area is 129 Å². The van der Waals surface area contributed by atoms with Crippen molar-refractivity contribution < 1.29 is 9.53 Å². The molecular weight excluding hydrogens is 278 g/mol. The van der Waals surface area contributed by atoms with Gasteiger partial charge in [-0.3, -0.25) is 0 Å². The van der Waals surface area contributed by atoms with Crippen LogP contribution in [0.5, 0.6) is 0 Å². The van der Waals surface area contributed by atoms with Gasteiger partial charge in [-0.1, -0.05) is 6.07 Å². The van der Waals surface area contributed by atoms with Crippen molar-refractivity contribution in [3.8, 4) is 0 Å². The molecule has 1 aromatic carbocycles. The fraction of sp³-hybridized carbons (Fsp3) is 0.353. The largest absolute Gasteiger partial charge is 0.462 e. The molecule has 1 N–H and O–H groups in total. The van der Waals surface area contributed by atoms with Crippen molar-refractivity contribution in [1.29, 1.82) is 0 Å². The minimum absolute atomic E-state index is 0.310. The first-order valence-electron chi connectivity index (χ1n) is 7.58. The van der Waals surface area contributed by atoms with E-state index in [-0.39, 0.29) is 5.97 Å². The molecule has 0 amide bonds. The zero-order chi connectivity index (χ0) is 15.5. The molecule has 0 radical (unpaired) electrons. The van der Waals surface area contributed by atoms with Gasteiger partial charge in [-0.2, -0.15) is 0 Å². The number of hydrogen-bond acceptors (Lipinski definition) is 5. The van der Waals surface area contributed by atoms with Gasteiger partial charge in [0.15, 0.2) is 0 Å². The molecule has 1 aliphatic carbocycles. The van der Waals surface area contributed by atoms with E-state index in [2.05, 4.69) is 15.3 Å². The van der Waals surface area contributed by atoms with Gasteiger partial charge in [0.1, 0.15) is 11.6 Å². The molecule has 1 heterocycles. The van der Waals surface area contributed by atoms with Crippen molar-refractivity contribution in [2.75, 3.05) is 11.9 Å². The number of aryl methyl sites for hydroxylation is 2. The molecule has 5 heteroatoms. The second-order valence-electron chi connectivity index (χ2n) is 5.32. The molecule has 0 spiro atoms. The topological polar surface area (TPSA) is 64.1 Å². The Kier molecular flexibility index (Phi) is 4.04. The van der Waals surface area contributed by atoms with Crippen LogP contribution in [0, 0.1) is 6.92 Å². The van der Waals surface area contributed by atoms with Crippen LogP contribution in [0.4, 0.5) is 11.5 Å². The lowest BCUT2D eigenvalue weighted by molar-refractivity contribution is 0.0526. The van der Waals surface area contributed by atoms with Crippen LogP contribution < -0.4 is 5.32 Å². The average molecular weight is 297 g/mol. The summed E-state index contributed by atoms with van der Waals surface area (Å²) in [6.07, 6.45) is 3.12. The highest BCUT2D eigenvalue weighted by atomic mass is 16.5. The monoisotopic (exact) mass is 297 g/mol. The Hall–Kier alpha value is -2.43. The molecule has 3 rings (SSSR count). The molecule has 0 fully saturated rings. The Bertz CT molecular complexity index is 713. The highest BCUT2D eigenvalue weighted by Crippen LogP contribution is 2.28. The maximum absolute atomic E-state index is 11.8. The van der Waals surface area contributed by atoms with E-state index in [1.54, 1.807) is 19.1 Å². The van der Waals surface area contributed by atoms with Crippen LogP contribution in [-0.4, -0.2) is 22.5 Å². The van der Waals surface area contributed by atoms with E-state index in [0.717, 1.165) is 42.3 Å². The van der Waals surface area contributed by atoms with Gasteiger partial charge in [0.05, 0.1) is 12.2 Å². The Morgan fingerprint density at radius 3 is 3.00 bits per heavy atom. The smallest absolute Gasteiger partial charge is 0.338 e. The quantitative estimate of drug-likeness (QED) is 0.878. The lowest BCUT2D eigenvalue weighted by Crippen LogP contribution is -2.06. The van der Waals surface area contributed by atoms with Crippen LogP contribution in [0.15, 0.2) is 24.3 Å². The van der Waals surface area contributed by atoms with Gasteiger partial charge in [0, 0.05) is 16.9 Å². The van der Waals surface area contributed by atoms with Crippen molar-refractivity contribution in [2.45, 2.75) is 33.1 Å². The Morgan fingerprint density at radius 1 is 1.32 bits per heavy atom. The van der Waals surface area contributed by atoms with E-state index in [4.69, 9.17) is 4.74 Å². The molecule has 1 aromatic heterocycles. The molecule has 22 heavy (non-hydrogen) atoms. The van der Waals surface area contributed by atoms with Gasteiger partial charge in [-0.25, -0.2) is 14.8 Å². The highest BCUT2D eigenvalue weighted by molar-refractivity contribution is 5.90. The summed E-state index contributed by atoms with van der Waals surface area (Å²) in [4.78, 5) is 20.8. The lowest BCUT2D eigenvalue weighted by Gasteiger charge is -2.12. The Morgan fingerprint density at radius 2 is 2.18 bits per heavy atom. The number of rotatable bonds is 4. The summed E-state index contributed by atoms with van der Waals surface area (Å²) in [5, 5.41) is 3.32. The second kappa shape index (κ2) is 6.13. The van der Waals surface area contributed by atoms with Crippen LogP contribution in [-0.2, 0) is 17.6 Å². The molecule has 0 atom stereocenters. The standard InChI is InChI=1S/C17H19N3O2/c1-3-22-17(21)12-6-4-7-13(10-12)20-16-14-8-5-9-15(14)18-11(2)19-16/h4,6-7,10H,3,5,8-9H2,1-2H3,(H,18,19,20). The number of anilines is 2. The van der Waals surface area contributed by atoms with E-state index in [1.165, 1.54) is 5.56 Å². The molecule has 0 saturated carbocycles. The van der Waals surface area contributed by atoms with Crippen LogP contribution in [0.25, 0.3) is 0 Å². The number of fused-ring (bicyclic) bond motifs is 1. The third-order valence-electron chi connectivity index (χ3n) is 3.68. The molecule has 0 aliphatic heterocycles. The summed E-state index contributed by atoms with van der Waals surface area (Å²) in [7, 11) is 0. The summed E-state index contributed by atoms with van der Waals surface area (Å²) in [6, 6.07) is 7.29. The first kappa shape index (κ1) is 14.5. The van der Waals surface area contributed by atoms with Gasteiger partial charge >= 0.3 is 5.97 Å². The molecule has 2 aromatic rings. The number of carbonyl (C=O) groups is 1. The first-order valence-corrected chi connectivity index (χ1v) is 7.58. The maximum Gasteiger partial charge on any atom is 0.338 e.